The lowest BCUT2D eigenvalue weighted by Gasteiger charge is -1.99. The van der Waals surface area contributed by atoms with E-state index < -0.39 is 0 Å². The Morgan fingerprint density at radius 2 is 2.00 bits per heavy atom. The fraction of sp³-hybridized carbons (Fsp3) is 0.273. The van der Waals surface area contributed by atoms with Crippen LogP contribution in [0.15, 0.2) is 16.9 Å². The first-order valence-electron chi connectivity index (χ1n) is 4.71. The van der Waals surface area contributed by atoms with E-state index in [0.717, 1.165) is 11.3 Å². The van der Waals surface area contributed by atoms with Crippen LogP contribution >= 0.6 is 11.3 Å². The number of aromatic amines is 1. The number of thiophene rings is 1. The van der Waals surface area contributed by atoms with Crippen molar-refractivity contribution in [1.82, 2.24) is 9.97 Å². The van der Waals surface area contributed by atoms with Crippen LogP contribution in [0.5, 0.6) is 0 Å². The molecule has 0 saturated carbocycles. The van der Waals surface area contributed by atoms with E-state index >= 15 is 0 Å². The van der Waals surface area contributed by atoms with Gasteiger partial charge >= 0.3 is 0 Å². The summed E-state index contributed by atoms with van der Waals surface area (Å²) in [6.07, 6.45) is 0. The van der Waals surface area contributed by atoms with Crippen LogP contribution in [0.2, 0.25) is 0 Å². The van der Waals surface area contributed by atoms with Crippen LogP contribution in [0.4, 0.5) is 0 Å². The van der Waals surface area contributed by atoms with E-state index in [2.05, 4.69) is 23.0 Å². The number of H-pyrrole nitrogens is 1. The third kappa shape index (κ3) is 1.99. The monoisotopic (exact) mass is 220 g/mol. The van der Waals surface area contributed by atoms with Crippen molar-refractivity contribution in [3.05, 3.63) is 37.9 Å². The summed E-state index contributed by atoms with van der Waals surface area (Å²) < 4.78 is 0. The summed E-state index contributed by atoms with van der Waals surface area (Å²) in [6.45, 7) is 5.91. The zero-order chi connectivity index (χ0) is 11.0. The Morgan fingerprint density at radius 3 is 2.53 bits per heavy atom. The van der Waals surface area contributed by atoms with Gasteiger partial charge in [-0.1, -0.05) is 0 Å². The minimum atomic E-state index is -0.0965. The third-order valence-electron chi connectivity index (χ3n) is 2.17. The Labute approximate surface area is 91.8 Å². The van der Waals surface area contributed by atoms with E-state index in [1.807, 2.05) is 13.8 Å². The van der Waals surface area contributed by atoms with Crippen molar-refractivity contribution in [2.24, 2.45) is 0 Å². The molecule has 78 valence electrons. The highest BCUT2D eigenvalue weighted by molar-refractivity contribution is 7.12. The highest BCUT2D eigenvalue weighted by atomic mass is 32.1. The maximum Gasteiger partial charge on any atom is 0.251 e. The predicted octanol–water partition coefficient (Wildman–Crippen LogP) is 2.42. The molecule has 0 amide bonds. The Bertz CT molecular complexity index is 554. The molecule has 4 heteroatoms. The number of nitrogens with zero attached hydrogens (tertiary/aromatic N) is 1. The normalized spacial score (nSPS) is 10.6. The average molecular weight is 220 g/mol. The molecule has 0 radical (unpaired) electrons. The molecule has 2 heterocycles. The van der Waals surface area contributed by atoms with Crippen molar-refractivity contribution in [2.45, 2.75) is 20.8 Å². The second-order valence-electron chi connectivity index (χ2n) is 3.56. The van der Waals surface area contributed by atoms with Gasteiger partial charge in [0.05, 0.1) is 0 Å². The van der Waals surface area contributed by atoms with Gasteiger partial charge < -0.3 is 4.98 Å². The standard InChI is InChI=1S/C11H12N2OS/c1-6-4-10(14)13-11(12-6)9-5-7(2)15-8(9)3/h4-5H,1-3H3,(H,12,13,14). The van der Waals surface area contributed by atoms with Crippen LogP contribution in [0.25, 0.3) is 11.4 Å². The fourth-order valence-electron chi connectivity index (χ4n) is 1.57. The van der Waals surface area contributed by atoms with Crippen molar-refractivity contribution in [1.29, 1.82) is 0 Å². The highest BCUT2D eigenvalue weighted by Crippen LogP contribution is 2.27. The molecule has 0 aliphatic rings. The summed E-state index contributed by atoms with van der Waals surface area (Å²) in [5, 5.41) is 0. The maximum absolute atomic E-state index is 11.3. The molecule has 3 nitrogen and oxygen atoms in total. The average Bonchev–Trinajstić information content (AvgIpc) is 2.43. The molecule has 0 saturated heterocycles. The van der Waals surface area contributed by atoms with Crippen molar-refractivity contribution < 1.29 is 0 Å². The van der Waals surface area contributed by atoms with Crippen molar-refractivity contribution in [3.63, 3.8) is 0 Å². The van der Waals surface area contributed by atoms with E-state index in [9.17, 15) is 4.79 Å². The molecule has 0 aromatic carbocycles. The Kier molecular flexibility index (Phi) is 2.44. The lowest BCUT2D eigenvalue weighted by molar-refractivity contribution is 1.07. The van der Waals surface area contributed by atoms with Gasteiger partial charge in [-0.05, 0) is 26.8 Å². The van der Waals surface area contributed by atoms with Crippen LogP contribution in [-0.2, 0) is 0 Å². The van der Waals surface area contributed by atoms with Gasteiger partial charge in [-0.2, -0.15) is 0 Å². The van der Waals surface area contributed by atoms with Crippen molar-refractivity contribution >= 4 is 11.3 Å². The first-order valence-corrected chi connectivity index (χ1v) is 5.53. The Hall–Kier alpha value is -1.42. The summed E-state index contributed by atoms with van der Waals surface area (Å²) in [5.74, 6) is 0.668. The van der Waals surface area contributed by atoms with E-state index in [1.54, 1.807) is 11.3 Å². The number of hydrogen-bond donors (Lipinski definition) is 1. The molecule has 0 bridgehead atoms. The zero-order valence-electron chi connectivity index (χ0n) is 8.92. The third-order valence-corrected chi connectivity index (χ3v) is 3.13. The van der Waals surface area contributed by atoms with Gasteiger partial charge in [-0.25, -0.2) is 4.98 Å². The summed E-state index contributed by atoms with van der Waals surface area (Å²) in [5.41, 5.74) is 1.68. The quantitative estimate of drug-likeness (QED) is 0.802. The molecular weight excluding hydrogens is 208 g/mol. The molecule has 0 aliphatic heterocycles. The van der Waals surface area contributed by atoms with Crippen molar-refractivity contribution in [2.75, 3.05) is 0 Å². The molecule has 2 aromatic rings. The molecule has 0 atom stereocenters. The second kappa shape index (κ2) is 3.62. The highest BCUT2D eigenvalue weighted by Gasteiger charge is 2.08. The SMILES string of the molecule is Cc1cc(=O)[nH]c(-c2cc(C)sc2C)n1. The predicted molar refractivity (Wildman–Crippen MR) is 62.4 cm³/mol. The van der Waals surface area contributed by atoms with Gasteiger partial charge in [-0.15, -0.1) is 11.3 Å². The van der Waals surface area contributed by atoms with Crippen molar-refractivity contribution in [3.8, 4) is 11.4 Å². The number of aryl methyl sites for hydroxylation is 3. The van der Waals surface area contributed by atoms with E-state index in [-0.39, 0.29) is 5.56 Å². The van der Waals surface area contributed by atoms with E-state index in [1.165, 1.54) is 15.8 Å². The largest absolute Gasteiger partial charge is 0.306 e. The lowest BCUT2D eigenvalue weighted by atomic mass is 10.2. The molecule has 0 aliphatic carbocycles. The van der Waals surface area contributed by atoms with Gasteiger partial charge in [0.2, 0.25) is 0 Å². The molecular formula is C11H12N2OS. The van der Waals surface area contributed by atoms with Crippen LogP contribution < -0.4 is 5.56 Å². The number of hydrogen-bond acceptors (Lipinski definition) is 3. The maximum atomic E-state index is 11.3. The molecule has 0 unspecified atom stereocenters. The molecule has 2 aromatic heterocycles. The van der Waals surface area contributed by atoms with Crippen LogP contribution in [0.3, 0.4) is 0 Å². The molecule has 0 spiro atoms. The first-order chi connectivity index (χ1) is 7.06. The number of rotatable bonds is 1. The lowest BCUT2D eigenvalue weighted by Crippen LogP contribution is -2.08. The van der Waals surface area contributed by atoms with Crippen LogP contribution in [0.1, 0.15) is 15.4 Å². The van der Waals surface area contributed by atoms with Gasteiger partial charge in [0.1, 0.15) is 5.82 Å². The summed E-state index contributed by atoms with van der Waals surface area (Å²) in [4.78, 5) is 20.8. The molecule has 15 heavy (non-hydrogen) atoms. The van der Waals surface area contributed by atoms with E-state index in [0.29, 0.717) is 5.82 Å². The van der Waals surface area contributed by atoms with Gasteiger partial charge in [0.15, 0.2) is 0 Å². The first kappa shape index (κ1) is 10.1. The number of aromatic nitrogens is 2. The van der Waals surface area contributed by atoms with Gasteiger partial charge in [0, 0.05) is 27.1 Å². The minimum absolute atomic E-state index is 0.0965. The number of nitrogens with one attached hydrogen (secondary N) is 1. The molecule has 2 rings (SSSR count). The van der Waals surface area contributed by atoms with Crippen LogP contribution in [-0.4, -0.2) is 9.97 Å². The van der Waals surface area contributed by atoms with E-state index in [4.69, 9.17) is 0 Å². The van der Waals surface area contributed by atoms with Gasteiger partial charge in [-0.3, -0.25) is 4.79 Å². The summed E-state index contributed by atoms with van der Waals surface area (Å²) >= 11 is 1.71. The fourth-order valence-corrected chi connectivity index (χ4v) is 2.50. The molecule has 1 N–H and O–H groups in total. The minimum Gasteiger partial charge on any atom is -0.306 e. The summed E-state index contributed by atoms with van der Waals surface area (Å²) in [6, 6.07) is 3.55. The van der Waals surface area contributed by atoms with Crippen LogP contribution in [0, 0.1) is 20.8 Å². The zero-order valence-corrected chi connectivity index (χ0v) is 9.73. The smallest absolute Gasteiger partial charge is 0.251 e. The Morgan fingerprint density at radius 1 is 1.27 bits per heavy atom. The topological polar surface area (TPSA) is 45.8 Å². The second-order valence-corrected chi connectivity index (χ2v) is 5.02. The van der Waals surface area contributed by atoms with Gasteiger partial charge in [0.25, 0.3) is 5.56 Å². The Balaban J connectivity index is 2.63. The summed E-state index contributed by atoms with van der Waals surface area (Å²) in [7, 11) is 0. The molecule has 0 fully saturated rings.